The smallest absolute Gasteiger partial charge is 0.167 e. The van der Waals surface area contributed by atoms with Gasteiger partial charge in [0.05, 0.1) is 26.4 Å². The van der Waals surface area contributed by atoms with Crippen molar-refractivity contribution in [1.29, 1.82) is 0 Å². The summed E-state index contributed by atoms with van der Waals surface area (Å²) in [5.74, 6) is -1.06. The molecular weight excluding hydrogens is 490 g/mol. The van der Waals surface area contributed by atoms with E-state index in [2.05, 4.69) is 9.80 Å². The van der Waals surface area contributed by atoms with Crippen LogP contribution < -0.4 is 0 Å². The molecule has 0 aromatic heterocycles. The van der Waals surface area contributed by atoms with Crippen molar-refractivity contribution in [3.63, 3.8) is 0 Å². The highest BCUT2D eigenvalue weighted by Gasteiger charge is 2.26. The van der Waals surface area contributed by atoms with E-state index >= 15 is 0 Å². The molecule has 2 aliphatic rings. The van der Waals surface area contributed by atoms with E-state index in [1.54, 1.807) is 24.3 Å². The molecule has 0 N–H and O–H groups in total. The predicted molar refractivity (Wildman–Crippen MR) is 141 cm³/mol. The van der Waals surface area contributed by atoms with Crippen molar-refractivity contribution in [2.24, 2.45) is 11.8 Å². The molecule has 0 spiro atoms. The van der Waals surface area contributed by atoms with Gasteiger partial charge in [-0.15, -0.1) is 0 Å². The Hall–Kier alpha value is -2.52. The molecule has 8 heteroatoms. The number of carbonyl (C=O) groups is 2. The Bertz CT molecular complexity index is 936. The fourth-order valence-electron chi connectivity index (χ4n) is 5.28. The molecule has 2 saturated heterocycles. The summed E-state index contributed by atoms with van der Waals surface area (Å²) in [6.07, 6.45) is 3.00. The van der Waals surface area contributed by atoms with Crippen molar-refractivity contribution in [2.45, 2.75) is 25.7 Å². The number of hydrogen-bond donors (Lipinski definition) is 0. The minimum absolute atomic E-state index is 0.0312. The minimum Gasteiger partial charge on any atom is -0.379 e. The summed E-state index contributed by atoms with van der Waals surface area (Å²) >= 11 is 0. The number of benzene rings is 2. The number of carbonyl (C=O) groups excluding carboxylic acids is 2. The molecule has 4 rings (SSSR count). The van der Waals surface area contributed by atoms with E-state index in [0.29, 0.717) is 63.5 Å². The number of Topliss-reactive ketones (excluding diaryl/α,β-unsaturated/α-hetero) is 2. The minimum atomic E-state index is -0.358. The summed E-state index contributed by atoms with van der Waals surface area (Å²) in [4.78, 5) is 31.2. The van der Waals surface area contributed by atoms with Crippen LogP contribution in [0.4, 0.5) is 8.78 Å². The van der Waals surface area contributed by atoms with E-state index in [1.165, 1.54) is 24.3 Å². The van der Waals surface area contributed by atoms with Crippen LogP contribution in [0.25, 0.3) is 0 Å². The third-order valence-electron chi connectivity index (χ3n) is 7.52. The van der Waals surface area contributed by atoms with Crippen LogP contribution in [0, 0.1) is 23.5 Å². The number of ether oxygens (including phenoxy) is 2. The highest BCUT2D eigenvalue weighted by Crippen LogP contribution is 2.23. The first-order valence-electron chi connectivity index (χ1n) is 13.7. The molecule has 0 aliphatic carbocycles. The van der Waals surface area contributed by atoms with Gasteiger partial charge in [0.1, 0.15) is 11.6 Å². The first-order chi connectivity index (χ1) is 18.5. The average Bonchev–Trinajstić information content (AvgIpc) is 2.95. The molecule has 0 bridgehead atoms. The van der Waals surface area contributed by atoms with E-state index < -0.39 is 0 Å². The van der Waals surface area contributed by atoms with Crippen molar-refractivity contribution in [3.05, 3.63) is 71.3 Å². The fourth-order valence-corrected chi connectivity index (χ4v) is 5.28. The number of hydrogen-bond acceptors (Lipinski definition) is 6. The first-order valence-corrected chi connectivity index (χ1v) is 13.7. The van der Waals surface area contributed by atoms with Crippen LogP contribution in [0.2, 0.25) is 0 Å². The lowest BCUT2D eigenvalue weighted by Gasteiger charge is -2.31. The van der Waals surface area contributed by atoms with Crippen molar-refractivity contribution in [2.75, 3.05) is 65.7 Å². The van der Waals surface area contributed by atoms with Gasteiger partial charge in [0.25, 0.3) is 0 Å². The van der Waals surface area contributed by atoms with E-state index in [-0.39, 0.29) is 35.0 Å². The normalized spacial score (nSPS) is 18.7. The first kappa shape index (κ1) is 28.5. The average molecular weight is 529 g/mol. The molecule has 2 aromatic carbocycles. The van der Waals surface area contributed by atoms with E-state index in [4.69, 9.17) is 9.47 Å². The second-order valence-electron chi connectivity index (χ2n) is 10.2. The lowest BCUT2D eigenvalue weighted by Crippen LogP contribution is -2.41. The zero-order valence-electron chi connectivity index (χ0n) is 22.0. The fraction of sp³-hybridized carbons (Fsp3) is 0.533. The van der Waals surface area contributed by atoms with Crippen LogP contribution in [0.15, 0.2) is 48.5 Å². The zero-order chi connectivity index (χ0) is 26.7. The Morgan fingerprint density at radius 1 is 0.632 bits per heavy atom. The van der Waals surface area contributed by atoms with Gasteiger partial charge in [0.15, 0.2) is 11.6 Å². The molecule has 206 valence electrons. The van der Waals surface area contributed by atoms with Gasteiger partial charge in [-0.1, -0.05) is 12.8 Å². The van der Waals surface area contributed by atoms with Crippen LogP contribution >= 0.6 is 0 Å². The molecule has 2 heterocycles. The molecular formula is C30H38F2N2O4. The van der Waals surface area contributed by atoms with E-state index in [0.717, 1.165) is 39.0 Å². The molecule has 0 amide bonds. The highest BCUT2D eigenvalue weighted by atomic mass is 19.1. The molecule has 2 aliphatic heterocycles. The van der Waals surface area contributed by atoms with Gasteiger partial charge in [-0.25, -0.2) is 8.78 Å². The number of halogens is 2. The SMILES string of the molecule is O=C(c1ccc(F)cc1)C(CCCCC(CN1CCOCC1)C(=O)c1ccc(F)cc1)CN1CCOCC1. The highest BCUT2D eigenvalue weighted by molar-refractivity contribution is 5.98. The lowest BCUT2D eigenvalue weighted by molar-refractivity contribution is 0.0283. The van der Waals surface area contributed by atoms with Crippen LogP contribution in [0.1, 0.15) is 46.4 Å². The van der Waals surface area contributed by atoms with Crippen molar-refractivity contribution < 1.29 is 27.8 Å². The Morgan fingerprint density at radius 3 is 1.32 bits per heavy atom. The van der Waals surface area contributed by atoms with E-state index in [9.17, 15) is 18.4 Å². The van der Waals surface area contributed by atoms with Crippen LogP contribution in [-0.2, 0) is 9.47 Å². The summed E-state index contributed by atoms with van der Waals surface area (Å²) in [6, 6.07) is 11.6. The maximum atomic E-state index is 13.4. The maximum Gasteiger partial charge on any atom is 0.167 e. The summed E-state index contributed by atoms with van der Waals surface area (Å²) < 4.78 is 37.8. The molecule has 6 nitrogen and oxygen atoms in total. The summed E-state index contributed by atoms with van der Waals surface area (Å²) in [5, 5.41) is 0. The standard InChI is InChI=1S/C30H38F2N2O4/c31-27-9-5-23(6-10-27)29(35)25(21-33-13-17-37-18-14-33)3-1-2-4-26(22-34-15-19-38-20-16-34)30(36)24-7-11-28(32)12-8-24/h5-12,25-26H,1-4,13-22H2. The molecule has 2 fully saturated rings. The molecule has 0 radical (unpaired) electrons. The van der Waals surface area contributed by atoms with Crippen LogP contribution in [0.3, 0.4) is 0 Å². The van der Waals surface area contributed by atoms with Gasteiger partial charge in [-0.2, -0.15) is 0 Å². The third-order valence-corrected chi connectivity index (χ3v) is 7.52. The van der Waals surface area contributed by atoms with Gasteiger partial charge in [0.2, 0.25) is 0 Å². The lowest BCUT2D eigenvalue weighted by atomic mass is 9.88. The van der Waals surface area contributed by atoms with Gasteiger partial charge in [-0.3, -0.25) is 19.4 Å². The molecule has 2 aromatic rings. The zero-order valence-corrected chi connectivity index (χ0v) is 22.0. The summed E-state index contributed by atoms with van der Waals surface area (Å²) in [7, 11) is 0. The quantitative estimate of drug-likeness (QED) is 0.282. The maximum absolute atomic E-state index is 13.4. The van der Waals surface area contributed by atoms with Crippen molar-refractivity contribution in [1.82, 2.24) is 9.80 Å². The second kappa shape index (κ2) is 14.6. The number of rotatable bonds is 13. The molecule has 38 heavy (non-hydrogen) atoms. The van der Waals surface area contributed by atoms with Gasteiger partial charge >= 0.3 is 0 Å². The summed E-state index contributed by atoms with van der Waals surface area (Å²) in [6.45, 7) is 7.09. The molecule has 2 atom stereocenters. The molecule has 0 saturated carbocycles. The van der Waals surface area contributed by atoms with Crippen LogP contribution in [-0.4, -0.2) is 87.1 Å². The van der Waals surface area contributed by atoms with Gasteiger partial charge in [-0.05, 0) is 61.4 Å². The van der Waals surface area contributed by atoms with Crippen molar-refractivity contribution in [3.8, 4) is 0 Å². The summed E-state index contributed by atoms with van der Waals surface area (Å²) in [5.41, 5.74) is 1.06. The predicted octanol–water partition coefficient (Wildman–Crippen LogP) is 4.49. The van der Waals surface area contributed by atoms with Gasteiger partial charge in [0, 0.05) is 62.2 Å². The topological polar surface area (TPSA) is 59.1 Å². The van der Waals surface area contributed by atoms with Gasteiger partial charge < -0.3 is 9.47 Å². The third kappa shape index (κ3) is 8.50. The monoisotopic (exact) mass is 528 g/mol. The Balaban J connectivity index is 1.38. The number of unbranched alkanes of at least 4 members (excludes halogenated alkanes) is 1. The largest absolute Gasteiger partial charge is 0.379 e. The Kier molecular flexibility index (Phi) is 10.9. The number of nitrogens with zero attached hydrogens (tertiary/aromatic N) is 2. The number of ketones is 2. The number of morpholine rings is 2. The van der Waals surface area contributed by atoms with Crippen molar-refractivity contribution >= 4 is 11.6 Å². The Morgan fingerprint density at radius 2 is 0.974 bits per heavy atom. The molecule has 2 unspecified atom stereocenters. The Labute approximate surface area is 223 Å². The van der Waals surface area contributed by atoms with E-state index in [1.807, 2.05) is 0 Å². The van der Waals surface area contributed by atoms with Crippen LogP contribution in [0.5, 0.6) is 0 Å². The second-order valence-corrected chi connectivity index (χ2v) is 10.2.